The molecule has 5 heteroatoms. The lowest BCUT2D eigenvalue weighted by Gasteiger charge is -2.07. The van der Waals surface area contributed by atoms with Crippen LogP contribution in [-0.2, 0) is 4.79 Å². The van der Waals surface area contributed by atoms with E-state index >= 15 is 0 Å². The quantitative estimate of drug-likeness (QED) is 0.823. The van der Waals surface area contributed by atoms with E-state index in [-0.39, 0.29) is 12.2 Å². The summed E-state index contributed by atoms with van der Waals surface area (Å²) in [5.74, 6) is -1.46. The summed E-state index contributed by atoms with van der Waals surface area (Å²) in [4.78, 5) is 22.4. The van der Waals surface area contributed by atoms with Crippen molar-refractivity contribution >= 4 is 23.4 Å². The molecule has 0 amide bonds. The maximum absolute atomic E-state index is 11.7. The van der Waals surface area contributed by atoms with E-state index in [1.54, 1.807) is 12.1 Å². The number of methoxy groups -OCH3 is 1. The summed E-state index contributed by atoms with van der Waals surface area (Å²) in [6, 6.07) is 4.64. The van der Waals surface area contributed by atoms with Crippen LogP contribution in [0.1, 0.15) is 23.7 Å². The predicted octanol–water partition coefficient (Wildman–Crippen LogP) is 2.64. The molecule has 4 nitrogen and oxygen atoms in total. The normalized spacial score (nSPS) is 11.9. The van der Waals surface area contributed by atoms with E-state index in [1.165, 1.54) is 20.1 Å². The Kier molecular flexibility index (Phi) is 4.52. The van der Waals surface area contributed by atoms with Gasteiger partial charge in [-0.1, -0.05) is 18.5 Å². The van der Waals surface area contributed by atoms with Crippen molar-refractivity contribution in [3.05, 3.63) is 28.8 Å². The molecule has 1 N–H and O–H groups in total. The third-order valence-electron chi connectivity index (χ3n) is 2.39. The van der Waals surface area contributed by atoms with Crippen LogP contribution in [0.4, 0.5) is 0 Å². The Labute approximate surface area is 104 Å². The number of Topliss-reactive ketones (excluding diaryl/α,β-unsaturated/α-hetero) is 1. The van der Waals surface area contributed by atoms with E-state index in [4.69, 9.17) is 21.4 Å². The Balaban J connectivity index is 2.83. The highest BCUT2D eigenvalue weighted by Gasteiger charge is 2.17. The first-order chi connectivity index (χ1) is 7.95. The number of carbonyl (C=O) groups excluding carboxylic acids is 1. The summed E-state index contributed by atoms with van der Waals surface area (Å²) < 4.78 is 4.96. The van der Waals surface area contributed by atoms with Crippen molar-refractivity contribution in [2.45, 2.75) is 13.3 Å². The van der Waals surface area contributed by atoms with Crippen LogP contribution in [0, 0.1) is 5.92 Å². The summed E-state index contributed by atoms with van der Waals surface area (Å²) in [5, 5.41) is 9.05. The van der Waals surface area contributed by atoms with Crippen LogP contribution in [0.5, 0.6) is 5.75 Å². The van der Waals surface area contributed by atoms with Crippen LogP contribution in [-0.4, -0.2) is 24.0 Å². The number of ketones is 1. The summed E-state index contributed by atoms with van der Waals surface area (Å²) in [6.45, 7) is 1.49. The van der Waals surface area contributed by atoms with Crippen LogP contribution >= 0.6 is 11.6 Å². The number of aliphatic carboxylic acids is 1. The molecule has 1 aromatic rings. The SMILES string of the molecule is COc1ccc(C(=O)CC(C)C(=O)O)cc1Cl. The fourth-order valence-corrected chi connectivity index (χ4v) is 1.58. The highest BCUT2D eigenvalue weighted by molar-refractivity contribution is 6.32. The van der Waals surface area contributed by atoms with Gasteiger partial charge in [0, 0.05) is 12.0 Å². The van der Waals surface area contributed by atoms with Crippen molar-refractivity contribution in [1.29, 1.82) is 0 Å². The first kappa shape index (κ1) is 13.5. The number of hydrogen-bond donors (Lipinski definition) is 1. The summed E-state index contributed by atoms with van der Waals surface area (Å²) in [7, 11) is 1.48. The Morgan fingerprint density at radius 2 is 2.12 bits per heavy atom. The molecule has 0 spiro atoms. The van der Waals surface area contributed by atoms with Gasteiger partial charge in [0.15, 0.2) is 5.78 Å². The molecule has 0 bridgehead atoms. The molecule has 0 fully saturated rings. The van der Waals surface area contributed by atoms with Gasteiger partial charge in [-0.15, -0.1) is 0 Å². The average Bonchev–Trinajstić information content (AvgIpc) is 2.28. The van der Waals surface area contributed by atoms with Crippen molar-refractivity contribution in [3.63, 3.8) is 0 Å². The number of halogens is 1. The monoisotopic (exact) mass is 256 g/mol. The first-order valence-electron chi connectivity index (χ1n) is 5.05. The zero-order valence-electron chi connectivity index (χ0n) is 9.57. The second-order valence-electron chi connectivity index (χ2n) is 3.72. The topological polar surface area (TPSA) is 63.6 Å². The lowest BCUT2D eigenvalue weighted by atomic mass is 10.00. The summed E-state index contributed by atoms with van der Waals surface area (Å²) in [6.07, 6.45) is -0.0437. The second kappa shape index (κ2) is 5.68. The number of hydrogen-bond acceptors (Lipinski definition) is 3. The molecule has 0 aliphatic rings. The zero-order valence-corrected chi connectivity index (χ0v) is 10.3. The number of ether oxygens (including phenoxy) is 1. The lowest BCUT2D eigenvalue weighted by Crippen LogP contribution is -2.14. The van der Waals surface area contributed by atoms with E-state index in [0.29, 0.717) is 16.3 Å². The first-order valence-corrected chi connectivity index (χ1v) is 5.43. The summed E-state index contributed by atoms with van der Waals surface area (Å²) >= 11 is 5.88. The van der Waals surface area contributed by atoms with E-state index in [1.807, 2.05) is 0 Å². The number of carbonyl (C=O) groups is 2. The smallest absolute Gasteiger partial charge is 0.306 e. The molecule has 1 rings (SSSR count). The molecule has 1 unspecified atom stereocenters. The van der Waals surface area contributed by atoms with Crippen molar-refractivity contribution in [3.8, 4) is 5.75 Å². The van der Waals surface area contributed by atoms with E-state index < -0.39 is 11.9 Å². The van der Waals surface area contributed by atoms with Crippen molar-refractivity contribution in [2.24, 2.45) is 5.92 Å². The fraction of sp³-hybridized carbons (Fsp3) is 0.333. The number of rotatable bonds is 5. The molecule has 0 aliphatic carbocycles. The minimum atomic E-state index is -0.988. The van der Waals surface area contributed by atoms with Gasteiger partial charge >= 0.3 is 5.97 Å². The van der Waals surface area contributed by atoms with Gasteiger partial charge in [-0.25, -0.2) is 0 Å². The molecule has 92 valence electrons. The Bertz CT molecular complexity index is 442. The third-order valence-corrected chi connectivity index (χ3v) is 2.68. The van der Waals surface area contributed by atoms with E-state index in [0.717, 1.165) is 0 Å². The minimum absolute atomic E-state index is 0.0437. The molecular weight excluding hydrogens is 244 g/mol. The van der Waals surface area contributed by atoms with Gasteiger partial charge in [-0.3, -0.25) is 9.59 Å². The van der Waals surface area contributed by atoms with Gasteiger partial charge in [0.2, 0.25) is 0 Å². The van der Waals surface area contributed by atoms with Crippen molar-refractivity contribution in [1.82, 2.24) is 0 Å². The molecule has 0 heterocycles. The van der Waals surface area contributed by atoms with Gasteiger partial charge in [0.05, 0.1) is 18.1 Å². The van der Waals surface area contributed by atoms with Crippen LogP contribution < -0.4 is 4.74 Å². The van der Waals surface area contributed by atoms with E-state index in [9.17, 15) is 9.59 Å². The number of carboxylic acid groups (broad SMARTS) is 1. The molecule has 0 saturated carbocycles. The van der Waals surface area contributed by atoms with Gasteiger partial charge in [0.25, 0.3) is 0 Å². The minimum Gasteiger partial charge on any atom is -0.495 e. The van der Waals surface area contributed by atoms with E-state index in [2.05, 4.69) is 0 Å². The maximum Gasteiger partial charge on any atom is 0.306 e. The Morgan fingerprint density at radius 3 is 2.59 bits per heavy atom. The average molecular weight is 257 g/mol. The summed E-state index contributed by atoms with van der Waals surface area (Å²) in [5.41, 5.74) is 0.393. The molecule has 0 saturated heterocycles. The standard InChI is InChI=1S/C12H13ClO4/c1-7(12(15)16)5-10(14)8-3-4-11(17-2)9(13)6-8/h3-4,6-7H,5H2,1-2H3,(H,15,16). The van der Waals surface area contributed by atoms with Crippen molar-refractivity contribution in [2.75, 3.05) is 7.11 Å². The van der Waals surface area contributed by atoms with Crippen LogP contribution in [0.25, 0.3) is 0 Å². The predicted molar refractivity (Wildman–Crippen MR) is 63.8 cm³/mol. The zero-order chi connectivity index (χ0) is 13.0. The maximum atomic E-state index is 11.7. The van der Waals surface area contributed by atoms with Gasteiger partial charge in [-0.05, 0) is 18.2 Å². The highest BCUT2D eigenvalue weighted by Crippen LogP contribution is 2.25. The Hall–Kier alpha value is -1.55. The van der Waals surface area contributed by atoms with Gasteiger partial charge in [-0.2, -0.15) is 0 Å². The Morgan fingerprint density at radius 1 is 1.47 bits per heavy atom. The van der Waals surface area contributed by atoms with Crippen LogP contribution in [0.3, 0.4) is 0 Å². The molecule has 17 heavy (non-hydrogen) atoms. The molecule has 0 aromatic heterocycles. The fourth-order valence-electron chi connectivity index (χ4n) is 1.32. The van der Waals surface area contributed by atoms with Crippen LogP contribution in [0.15, 0.2) is 18.2 Å². The lowest BCUT2D eigenvalue weighted by molar-refractivity contribution is -0.141. The van der Waals surface area contributed by atoms with Crippen LogP contribution in [0.2, 0.25) is 5.02 Å². The number of carboxylic acids is 1. The van der Waals surface area contributed by atoms with Gasteiger partial charge < -0.3 is 9.84 Å². The number of benzene rings is 1. The third kappa shape index (κ3) is 3.46. The molecular formula is C12H13ClO4. The second-order valence-corrected chi connectivity index (χ2v) is 4.12. The van der Waals surface area contributed by atoms with Crippen molar-refractivity contribution < 1.29 is 19.4 Å². The van der Waals surface area contributed by atoms with Gasteiger partial charge in [0.1, 0.15) is 5.75 Å². The largest absolute Gasteiger partial charge is 0.495 e. The molecule has 1 aromatic carbocycles. The molecule has 0 radical (unpaired) electrons. The molecule has 0 aliphatic heterocycles. The highest BCUT2D eigenvalue weighted by atomic mass is 35.5. The molecule has 1 atom stereocenters.